The third-order valence-electron chi connectivity index (χ3n) is 1.31. The fraction of sp³-hybridized carbons (Fsp3) is 0.571. The van der Waals surface area contributed by atoms with Gasteiger partial charge in [0.15, 0.2) is 0 Å². The van der Waals surface area contributed by atoms with Crippen molar-refractivity contribution in [2.24, 2.45) is 15.7 Å². The number of carboxylic acid groups (broad SMARTS) is 1. The molecule has 0 aromatic carbocycles. The van der Waals surface area contributed by atoms with Gasteiger partial charge in [0, 0.05) is 26.7 Å². The number of hydrogen-bond donors (Lipinski definition) is 2. The van der Waals surface area contributed by atoms with Gasteiger partial charge in [-0.1, -0.05) is 0 Å². The van der Waals surface area contributed by atoms with Crippen molar-refractivity contribution in [3.8, 4) is 0 Å². The molecule has 0 heterocycles. The smallest absolute Gasteiger partial charge is 0.320 e. The van der Waals surface area contributed by atoms with Crippen LogP contribution in [0.15, 0.2) is 9.98 Å². The molecule has 0 radical (unpaired) electrons. The quantitative estimate of drug-likeness (QED) is 0.562. The molecule has 1 atom stereocenters. The van der Waals surface area contributed by atoms with E-state index in [-0.39, 0.29) is 6.42 Å². The fourth-order valence-corrected chi connectivity index (χ4v) is 0.663. The van der Waals surface area contributed by atoms with E-state index in [2.05, 4.69) is 9.98 Å². The van der Waals surface area contributed by atoms with Crippen LogP contribution in [0.4, 0.5) is 0 Å². The Morgan fingerprint density at radius 3 is 2.58 bits per heavy atom. The van der Waals surface area contributed by atoms with Gasteiger partial charge >= 0.3 is 5.97 Å². The molecule has 5 nitrogen and oxygen atoms in total. The van der Waals surface area contributed by atoms with E-state index in [1.54, 1.807) is 14.1 Å². The Bertz CT molecular complexity index is 211. The minimum absolute atomic E-state index is 0.211. The van der Waals surface area contributed by atoms with Crippen LogP contribution in [-0.2, 0) is 4.79 Å². The predicted molar refractivity (Wildman–Crippen MR) is 48.0 cm³/mol. The molecule has 5 heteroatoms. The van der Waals surface area contributed by atoms with E-state index in [4.69, 9.17) is 10.8 Å². The second-order valence-corrected chi connectivity index (χ2v) is 2.25. The second-order valence-electron chi connectivity index (χ2n) is 2.25. The summed E-state index contributed by atoms with van der Waals surface area (Å²) in [5.41, 5.74) is 5.87. The molecule has 0 aliphatic heterocycles. The SMILES string of the molecule is CN=CC(CC(N)C(=O)O)=NC. The van der Waals surface area contributed by atoms with Gasteiger partial charge in [-0.15, -0.1) is 0 Å². The average molecular weight is 171 g/mol. The van der Waals surface area contributed by atoms with Crippen LogP contribution in [0.25, 0.3) is 0 Å². The van der Waals surface area contributed by atoms with E-state index in [9.17, 15) is 4.79 Å². The van der Waals surface area contributed by atoms with Crippen LogP contribution in [0.5, 0.6) is 0 Å². The Labute approximate surface area is 71.0 Å². The zero-order valence-corrected chi connectivity index (χ0v) is 7.19. The highest BCUT2D eigenvalue weighted by atomic mass is 16.4. The van der Waals surface area contributed by atoms with Gasteiger partial charge in [-0.25, -0.2) is 0 Å². The van der Waals surface area contributed by atoms with Crippen LogP contribution in [-0.4, -0.2) is 43.1 Å². The van der Waals surface area contributed by atoms with Gasteiger partial charge in [0.05, 0.1) is 5.71 Å². The highest BCUT2D eigenvalue weighted by molar-refractivity contribution is 6.31. The standard InChI is InChI=1S/C7H13N3O2/c1-9-4-5(10-2)3-6(8)7(11)12/h4,6H,3,8H2,1-2H3,(H,11,12). The normalized spacial score (nSPS) is 15.1. The number of carboxylic acids is 1. The summed E-state index contributed by atoms with van der Waals surface area (Å²) in [4.78, 5) is 17.9. The molecule has 0 aromatic heterocycles. The Hall–Kier alpha value is -1.23. The monoisotopic (exact) mass is 171 g/mol. The van der Waals surface area contributed by atoms with Gasteiger partial charge < -0.3 is 10.8 Å². The van der Waals surface area contributed by atoms with Crippen molar-refractivity contribution in [2.45, 2.75) is 12.5 Å². The first-order chi connectivity index (χ1) is 5.61. The number of rotatable bonds is 4. The molecule has 0 spiro atoms. The lowest BCUT2D eigenvalue weighted by Crippen LogP contribution is -2.32. The summed E-state index contributed by atoms with van der Waals surface area (Å²) < 4.78 is 0. The van der Waals surface area contributed by atoms with Crippen molar-refractivity contribution < 1.29 is 9.90 Å². The average Bonchev–Trinajstić information content (AvgIpc) is 2.03. The van der Waals surface area contributed by atoms with Crippen LogP contribution >= 0.6 is 0 Å². The lowest BCUT2D eigenvalue weighted by molar-refractivity contribution is -0.138. The van der Waals surface area contributed by atoms with Crippen molar-refractivity contribution in [1.82, 2.24) is 0 Å². The number of carbonyl (C=O) groups is 1. The van der Waals surface area contributed by atoms with Crippen molar-refractivity contribution in [1.29, 1.82) is 0 Å². The van der Waals surface area contributed by atoms with Crippen LogP contribution in [0.3, 0.4) is 0 Å². The Balaban J connectivity index is 4.13. The van der Waals surface area contributed by atoms with Crippen molar-refractivity contribution in [3.63, 3.8) is 0 Å². The zero-order valence-electron chi connectivity index (χ0n) is 7.19. The van der Waals surface area contributed by atoms with Crippen LogP contribution in [0.1, 0.15) is 6.42 Å². The Morgan fingerprint density at radius 2 is 2.25 bits per heavy atom. The first kappa shape index (κ1) is 10.8. The van der Waals surface area contributed by atoms with E-state index in [0.29, 0.717) is 5.71 Å². The molecule has 0 fully saturated rings. The minimum Gasteiger partial charge on any atom is -0.480 e. The number of nitrogens with zero attached hydrogens (tertiary/aromatic N) is 2. The maximum absolute atomic E-state index is 10.3. The highest BCUT2D eigenvalue weighted by Gasteiger charge is 2.12. The third-order valence-corrected chi connectivity index (χ3v) is 1.31. The number of nitrogens with two attached hydrogens (primary N) is 1. The molecule has 1 unspecified atom stereocenters. The lowest BCUT2D eigenvalue weighted by Gasteiger charge is -2.04. The first-order valence-corrected chi connectivity index (χ1v) is 3.48. The van der Waals surface area contributed by atoms with Crippen molar-refractivity contribution in [3.05, 3.63) is 0 Å². The Kier molecular flexibility index (Phi) is 4.87. The van der Waals surface area contributed by atoms with E-state index in [0.717, 1.165) is 0 Å². The highest BCUT2D eigenvalue weighted by Crippen LogP contribution is 1.90. The molecule has 0 aliphatic rings. The lowest BCUT2D eigenvalue weighted by atomic mass is 10.1. The van der Waals surface area contributed by atoms with Crippen molar-refractivity contribution in [2.75, 3.05) is 14.1 Å². The zero-order chi connectivity index (χ0) is 9.56. The summed E-state index contributed by atoms with van der Waals surface area (Å²) in [6.07, 6.45) is 1.71. The van der Waals surface area contributed by atoms with Gasteiger partial charge in [0.25, 0.3) is 0 Å². The van der Waals surface area contributed by atoms with Gasteiger partial charge in [-0.2, -0.15) is 0 Å². The predicted octanol–water partition coefficient (Wildman–Crippen LogP) is -0.440. The van der Waals surface area contributed by atoms with Gasteiger partial charge in [-0.05, 0) is 0 Å². The summed E-state index contributed by atoms with van der Waals surface area (Å²) in [6.45, 7) is 0. The van der Waals surface area contributed by atoms with Gasteiger partial charge in [0.2, 0.25) is 0 Å². The molecule has 0 saturated heterocycles. The summed E-state index contributed by atoms with van der Waals surface area (Å²) >= 11 is 0. The topological polar surface area (TPSA) is 88.0 Å². The molecule has 3 N–H and O–H groups in total. The summed E-state index contributed by atoms with van der Waals surface area (Å²) in [5, 5.41) is 8.47. The van der Waals surface area contributed by atoms with E-state index in [1.807, 2.05) is 0 Å². The number of aliphatic carboxylic acids is 1. The molecule has 0 aliphatic carbocycles. The van der Waals surface area contributed by atoms with Crippen LogP contribution in [0, 0.1) is 0 Å². The molecule has 0 amide bonds. The number of hydrogen-bond acceptors (Lipinski definition) is 4. The molecular formula is C7H13N3O2. The maximum atomic E-state index is 10.3. The van der Waals surface area contributed by atoms with E-state index < -0.39 is 12.0 Å². The van der Waals surface area contributed by atoms with E-state index >= 15 is 0 Å². The maximum Gasteiger partial charge on any atom is 0.320 e. The first-order valence-electron chi connectivity index (χ1n) is 3.48. The fourth-order valence-electron chi connectivity index (χ4n) is 0.663. The summed E-state index contributed by atoms with van der Waals surface area (Å²) in [5.74, 6) is -1.03. The molecule has 0 bridgehead atoms. The molecule has 0 rings (SSSR count). The summed E-state index contributed by atoms with van der Waals surface area (Å²) in [6, 6.07) is -0.901. The summed E-state index contributed by atoms with van der Waals surface area (Å²) in [7, 11) is 3.17. The molecular weight excluding hydrogens is 158 g/mol. The van der Waals surface area contributed by atoms with Crippen LogP contribution in [0.2, 0.25) is 0 Å². The molecule has 0 saturated carbocycles. The molecule has 0 aromatic rings. The number of aliphatic imine (C=N–C) groups is 2. The molecule has 68 valence electrons. The van der Waals surface area contributed by atoms with Gasteiger partial charge in [-0.3, -0.25) is 14.8 Å². The third kappa shape index (κ3) is 3.82. The largest absolute Gasteiger partial charge is 0.480 e. The Morgan fingerprint density at radius 1 is 1.67 bits per heavy atom. The van der Waals surface area contributed by atoms with E-state index in [1.165, 1.54) is 6.21 Å². The second kappa shape index (κ2) is 5.42. The molecule has 12 heavy (non-hydrogen) atoms. The van der Waals surface area contributed by atoms with Crippen molar-refractivity contribution >= 4 is 17.9 Å². The van der Waals surface area contributed by atoms with Gasteiger partial charge in [0.1, 0.15) is 6.04 Å². The minimum atomic E-state index is -1.03. The van der Waals surface area contributed by atoms with Crippen LogP contribution < -0.4 is 5.73 Å².